The molecule has 1 fully saturated rings. The molecule has 1 aromatic carbocycles. The molecule has 1 aromatic heterocycles. The normalized spacial score (nSPS) is 15.0. The van der Waals surface area contributed by atoms with E-state index < -0.39 is 0 Å². The maximum absolute atomic E-state index is 12.5. The predicted octanol–water partition coefficient (Wildman–Crippen LogP) is 2.12. The number of anilines is 1. The largest absolute Gasteiger partial charge is 0.381 e. The molecule has 0 bridgehead atoms. The molecule has 1 aliphatic heterocycles. The van der Waals surface area contributed by atoms with Crippen LogP contribution >= 0.6 is 23.2 Å². The molecule has 3 rings (SSSR count). The fraction of sp³-hybridized carbons (Fsp3) is 0.389. The number of hydrogen-bond acceptors (Lipinski definition) is 5. The van der Waals surface area contributed by atoms with Crippen molar-refractivity contribution in [1.29, 1.82) is 0 Å². The molecule has 1 amide bonds. The van der Waals surface area contributed by atoms with Crippen LogP contribution < -0.4 is 10.9 Å². The molecule has 0 saturated carbocycles. The predicted molar refractivity (Wildman–Crippen MR) is 107 cm³/mol. The second-order valence-corrected chi connectivity index (χ2v) is 7.15. The molecule has 7 nitrogen and oxygen atoms in total. The van der Waals surface area contributed by atoms with Gasteiger partial charge in [0.1, 0.15) is 5.02 Å². The Kier molecular flexibility index (Phi) is 6.36. The van der Waals surface area contributed by atoms with Gasteiger partial charge in [-0.15, -0.1) is 0 Å². The van der Waals surface area contributed by atoms with Crippen LogP contribution in [0.4, 0.5) is 5.69 Å². The topological polar surface area (TPSA) is 70.5 Å². The number of rotatable bonds is 5. The third kappa shape index (κ3) is 4.80. The van der Waals surface area contributed by atoms with E-state index >= 15 is 0 Å². The van der Waals surface area contributed by atoms with Crippen molar-refractivity contribution in [3.63, 3.8) is 0 Å². The van der Waals surface area contributed by atoms with Crippen molar-refractivity contribution in [3.05, 3.63) is 50.9 Å². The lowest BCUT2D eigenvalue weighted by Gasteiger charge is -2.34. The maximum Gasteiger partial charge on any atom is 0.292 e. The summed E-state index contributed by atoms with van der Waals surface area (Å²) in [7, 11) is 0. The number of hydrogen-bond donors (Lipinski definition) is 1. The van der Waals surface area contributed by atoms with Crippen molar-refractivity contribution >= 4 is 34.8 Å². The Balaban J connectivity index is 1.58. The molecule has 9 heteroatoms. The van der Waals surface area contributed by atoms with Crippen LogP contribution in [0.5, 0.6) is 0 Å². The summed E-state index contributed by atoms with van der Waals surface area (Å²) >= 11 is 12.1. The Labute approximate surface area is 167 Å². The van der Waals surface area contributed by atoms with Crippen LogP contribution in [0.15, 0.2) is 35.3 Å². The summed E-state index contributed by atoms with van der Waals surface area (Å²) < 4.78 is 1.24. The van der Waals surface area contributed by atoms with E-state index in [1.54, 1.807) is 37.4 Å². The fourth-order valence-corrected chi connectivity index (χ4v) is 3.28. The summed E-state index contributed by atoms with van der Waals surface area (Å²) in [5.74, 6) is 0.117. The van der Waals surface area contributed by atoms with Crippen molar-refractivity contribution < 1.29 is 4.79 Å². The van der Waals surface area contributed by atoms with Crippen LogP contribution in [-0.2, 0) is 4.79 Å². The number of benzene rings is 1. The highest BCUT2D eigenvalue weighted by molar-refractivity contribution is 6.33. The van der Waals surface area contributed by atoms with Gasteiger partial charge >= 0.3 is 0 Å². The highest BCUT2D eigenvalue weighted by Gasteiger charge is 2.18. The van der Waals surface area contributed by atoms with Gasteiger partial charge in [0.25, 0.3) is 5.56 Å². The summed E-state index contributed by atoms with van der Waals surface area (Å²) in [5.41, 5.74) is 0.717. The first-order chi connectivity index (χ1) is 13.0. The minimum Gasteiger partial charge on any atom is -0.381 e. The van der Waals surface area contributed by atoms with Gasteiger partial charge in [-0.25, -0.2) is 0 Å². The highest BCUT2D eigenvalue weighted by atomic mass is 35.5. The quantitative estimate of drug-likeness (QED) is 0.818. The van der Waals surface area contributed by atoms with Crippen molar-refractivity contribution in [3.8, 4) is 5.69 Å². The molecule has 1 N–H and O–H groups in total. The Hall–Kier alpha value is -2.09. The molecule has 1 saturated heterocycles. The maximum atomic E-state index is 12.5. The molecule has 0 aliphatic carbocycles. The van der Waals surface area contributed by atoms with Gasteiger partial charge in [0.05, 0.1) is 17.6 Å². The van der Waals surface area contributed by atoms with E-state index in [9.17, 15) is 9.59 Å². The zero-order valence-corrected chi connectivity index (χ0v) is 16.5. The van der Waals surface area contributed by atoms with E-state index in [-0.39, 0.29) is 16.5 Å². The first kappa shape index (κ1) is 19.7. The number of nitrogens with zero attached hydrogens (tertiary/aromatic N) is 4. The molecule has 0 radical (unpaired) electrons. The van der Waals surface area contributed by atoms with E-state index in [0.29, 0.717) is 22.9 Å². The van der Waals surface area contributed by atoms with Gasteiger partial charge in [0.2, 0.25) is 5.91 Å². The van der Waals surface area contributed by atoms with Crippen molar-refractivity contribution in [2.75, 3.05) is 44.6 Å². The van der Waals surface area contributed by atoms with Gasteiger partial charge in [-0.1, -0.05) is 23.2 Å². The third-order valence-electron chi connectivity index (χ3n) is 4.55. The molecule has 2 heterocycles. The van der Waals surface area contributed by atoms with E-state index in [2.05, 4.69) is 15.3 Å². The summed E-state index contributed by atoms with van der Waals surface area (Å²) in [6, 6.07) is 6.80. The number of amides is 1. The van der Waals surface area contributed by atoms with Crippen molar-refractivity contribution in [2.45, 2.75) is 6.92 Å². The summed E-state index contributed by atoms with van der Waals surface area (Å²) in [5, 5.41) is 8.04. The van der Waals surface area contributed by atoms with Gasteiger partial charge in [0.15, 0.2) is 0 Å². The van der Waals surface area contributed by atoms with E-state index in [4.69, 9.17) is 23.2 Å². The summed E-state index contributed by atoms with van der Waals surface area (Å²) in [6.45, 7) is 6.19. The number of piperazine rings is 1. The van der Waals surface area contributed by atoms with Crippen LogP contribution in [0.1, 0.15) is 6.92 Å². The van der Waals surface area contributed by atoms with Crippen molar-refractivity contribution in [2.24, 2.45) is 0 Å². The Bertz CT molecular complexity index is 861. The second-order valence-electron chi connectivity index (χ2n) is 6.34. The Morgan fingerprint density at radius 2 is 1.81 bits per heavy atom. The minimum atomic E-state index is -0.390. The number of carbonyl (C=O) groups is 1. The van der Waals surface area contributed by atoms with Crippen LogP contribution in [0.3, 0.4) is 0 Å². The third-order valence-corrected chi connectivity index (χ3v) is 5.17. The Morgan fingerprint density at radius 3 is 2.44 bits per heavy atom. The van der Waals surface area contributed by atoms with Gasteiger partial charge < -0.3 is 10.2 Å². The lowest BCUT2D eigenvalue weighted by Crippen LogP contribution is -2.49. The standard InChI is InChI=1S/C18H21Cl2N5O2/c1-13(26)24-10-8-23(9-11-24)7-6-21-16-12-22-25(18(27)17(16)20)15-4-2-14(19)3-5-15/h2-5,12,21H,6-11H2,1H3. The Morgan fingerprint density at radius 1 is 1.15 bits per heavy atom. The molecule has 0 atom stereocenters. The zero-order chi connectivity index (χ0) is 19.4. The average molecular weight is 410 g/mol. The number of aromatic nitrogens is 2. The number of carbonyl (C=O) groups excluding carboxylic acids is 1. The molecule has 2 aromatic rings. The highest BCUT2D eigenvalue weighted by Crippen LogP contribution is 2.17. The zero-order valence-electron chi connectivity index (χ0n) is 15.0. The lowest BCUT2D eigenvalue weighted by atomic mass is 10.3. The molecular weight excluding hydrogens is 389 g/mol. The van der Waals surface area contributed by atoms with Gasteiger partial charge in [-0.3, -0.25) is 14.5 Å². The summed E-state index contributed by atoms with van der Waals surface area (Å²) in [6.07, 6.45) is 1.55. The monoisotopic (exact) mass is 409 g/mol. The van der Waals surface area contributed by atoms with Crippen LogP contribution in [0.25, 0.3) is 5.69 Å². The van der Waals surface area contributed by atoms with Crippen LogP contribution in [0.2, 0.25) is 10.0 Å². The van der Waals surface area contributed by atoms with Gasteiger partial charge in [-0.2, -0.15) is 9.78 Å². The van der Waals surface area contributed by atoms with E-state index in [1.807, 2.05) is 4.90 Å². The molecule has 144 valence electrons. The summed E-state index contributed by atoms with van der Waals surface area (Å²) in [4.78, 5) is 28.0. The first-order valence-electron chi connectivity index (χ1n) is 8.71. The number of nitrogens with one attached hydrogen (secondary N) is 1. The SMILES string of the molecule is CC(=O)N1CCN(CCNc2cnn(-c3ccc(Cl)cc3)c(=O)c2Cl)CC1. The smallest absolute Gasteiger partial charge is 0.292 e. The van der Waals surface area contributed by atoms with E-state index in [1.165, 1.54) is 4.68 Å². The average Bonchev–Trinajstić information content (AvgIpc) is 2.66. The van der Waals surface area contributed by atoms with Gasteiger partial charge in [-0.05, 0) is 24.3 Å². The molecular formula is C18H21Cl2N5O2. The molecule has 0 spiro atoms. The van der Waals surface area contributed by atoms with Gasteiger partial charge in [0, 0.05) is 51.2 Å². The molecule has 27 heavy (non-hydrogen) atoms. The van der Waals surface area contributed by atoms with E-state index in [0.717, 1.165) is 32.7 Å². The molecule has 1 aliphatic rings. The van der Waals surface area contributed by atoms with Crippen molar-refractivity contribution in [1.82, 2.24) is 19.6 Å². The second kappa shape index (κ2) is 8.73. The molecule has 0 unspecified atom stereocenters. The van der Waals surface area contributed by atoms with Crippen LogP contribution in [0, 0.1) is 0 Å². The van der Waals surface area contributed by atoms with Crippen LogP contribution in [-0.4, -0.2) is 64.8 Å². The fourth-order valence-electron chi connectivity index (χ4n) is 2.96. The lowest BCUT2D eigenvalue weighted by molar-refractivity contribution is -0.130. The minimum absolute atomic E-state index is 0.0985. The first-order valence-corrected chi connectivity index (χ1v) is 9.47. The number of halogens is 2.